The van der Waals surface area contributed by atoms with Crippen molar-refractivity contribution in [3.8, 4) is 11.3 Å². The van der Waals surface area contributed by atoms with Gasteiger partial charge in [-0.15, -0.1) is 0 Å². The third-order valence-electron chi connectivity index (χ3n) is 5.51. The third kappa shape index (κ3) is 6.66. The van der Waals surface area contributed by atoms with E-state index in [1.54, 1.807) is 11.1 Å². The van der Waals surface area contributed by atoms with Gasteiger partial charge in [-0.2, -0.15) is 0 Å². The number of carbonyl (C=O) groups excluding carboxylic acids is 2. The van der Waals surface area contributed by atoms with E-state index in [9.17, 15) is 18.0 Å². The third-order valence-corrected chi connectivity index (χ3v) is 7.26. The van der Waals surface area contributed by atoms with E-state index in [-0.39, 0.29) is 42.9 Å². The van der Waals surface area contributed by atoms with E-state index in [4.69, 9.17) is 9.15 Å². The fourth-order valence-corrected chi connectivity index (χ4v) is 5.37. The average Bonchev–Trinajstić information content (AvgIpc) is 3.38. The highest BCUT2D eigenvalue weighted by atomic mass is 32.2. The van der Waals surface area contributed by atoms with Crippen molar-refractivity contribution in [1.29, 1.82) is 0 Å². The fourth-order valence-electron chi connectivity index (χ4n) is 3.64. The summed E-state index contributed by atoms with van der Waals surface area (Å²) in [6.45, 7) is 4.08. The van der Waals surface area contributed by atoms with Crippen LogP contribution in [0.3, 0.4) is 0 Å². The zero-order valence-corrected chi connectivity index (χ0v) is 19.4. The summed E-state index contributed by atoms with van der Waals surface area (Å²) in [4.78, 5) is 30.5. The largest absolute Gasteiger partial charge is 0.456 e. The van der Waals surface area contributed by atoms with Crippen LogP contribution in [0.25, 0.3) is 11.3 Å². The minimum Gasteiger partial charge on any atom is -0.456 e. The average molecular weight is 463 g/mol. The summed E-state index contributed by atoms with van der Waals surface area (Å²) in [5, 5.41) is 0. The second-order valence-corrected chi connectivity index (χ2v) is 10.4. The lowest BCUT2D eigenvalue weighted by Gasteiger charge is -2.28. The number of unbranched alkanes of at least 4 members (excludes halogenated alkanes) is 1. The Kier molecular flexibility index (Phi) is 8.06. The molecule has 2 heterocycles. The SMILES string of the molecule is CCCCN(C(=O)COC(=O)CCc1ncc(-c2ccc(C)cc2)o1)C1CCS(=O)(=O)C1. The summed E-state index contributed by atoms with van der Waals surface area (Å²) in [6.07, 6.45) is 4.00. The maximum atomic E-state index is 12.6. The monoisotopic (exact) mass is 462 g/mol. The van der Waals surface area contributed by atoms with Crippen LogP contribution in [-0.2, 0) is 30.6 Å². The van der Waals surface area contributed by atoms with Gasteiger partial charge < -0.3 is 14.1 Å². The van der Waals surface area contributed by atoms with Crippen LogP contribution < -0.4 is 0 Å². The number of amides is 1. The van der Waals surface area contributed by atoms with Crippen molar-refractivity contribution < 1.29 is 27.2 Å². The molecule has 1 amide bonds. The minimum absolute atomic E-state index is 0.0239. The van der Waals surface area contributed by atoms with Gasteiger partial charge in [0.05, 0.1) is 24.1 Å². The van der Waals surface area contributed by atoms with Gasteiger partial charge in [0.1, 0.15) is 0 Å². The summed E-state index contributed by atoms with van der Waals surface area (Å²) in [7, 11) is -3.11. The molecule has 2 aromatic rings. The Bertz CT molecular complexity index is 1030. The van der Waals surface area contributed by atoms with Gasteiger partial charge >= 0.3 is 5.97 Å². The zero-order valence-electron chi connectivity index (χ0n) is 18.6. The lowest BCUT2D eigenvalue weighted by molar-refractivity contribution is -0.152. The lowest BCUT2D eigenvalue weighted by Crippen LogP contribution is -2.43. The molecule has 0 saturated carbocycles. The molecule has 32 heavy (non-hydrogen) atoms. The molecule has 0 aliphatic carbocycles. The molecule has 0 spiro atoms. The molecular weight excluding hydrogens is 432 g/mol. The minimum atomic E-state index is -3.11. The normalized spacial score (nSPS) is 17.2. The molecule has 1 saturated heterocycles. The lowest BCUT2D eigenvalue weighted by atomic mass is 10.1. The molecule has 9 heteroatoms. The van der Waals surface area contributed by atoms with Gasteiger partial charge in [-0.3, -0.25) is 9.59 Å². The second kappa shape index (κ2) is 10.8. The predicted molar refractivity (Wildman–Crippen MR) is 120 cm³/mol. The van der Waals surface area contributed by atoms with Crippen LogP contribution in [-0.4, -0.2) is 60.9 Å². The Morgan fingerprint density at radius 3 is 2.66 bits per heavy atom. The molecule has 1 atom stereocenters. The van der Waals surface area contributed by atoms with E-state index >= 15 is 0 Å². The van der Waals surface area contributed by atoms with Gasteiger partial charge in [-0.1, -0.05) is 43.2 Å². The summed E-state index contributed by atoms with van der Waals surface area (Å²) in [5.41, 5.74) is 2.05. The van der Waals surface area contributed by atoms with E-state index in [0.29, 0.717) is 24.6 Å². The van der Waals surface area contributed by atoms with E-state index < -0.39 is 15.8 Å². The van der Waals surface area contributed by atoms with Gasteiger partial charge in [-0.25, -0.2) is 13.4 Å². The highest BCUT2D eigenvalue weighted by Gasteiger charge is 2.34. The molecule has 1 unspecified atom stereocenters. The molecule has 0 N–H and O–H groups in total. The van der Waals surface area contributed by atoms with Crippen LogP contribution in [0.2, 0.25) is 0 Å². The van der Waals surface area contributed by atoms with Gasteiger partial charge in [0, 0.05) is 24.6 Å². The zero-order chi connectivity index (χ0) is 23.1. The maximum absolute atomic E-state index is 12.6. The highest BCUT2D eigenvalue weighted by Crippen LogP contribution is 2.22. The standard InChI is InChI=1S/C23H30N2O6S/c1-3-4-12-25(19-11-13-32(28,29)16-19)22(26)15-30-23(27)10-9-21-24-14-20(31-21)18-7-5-17(2)6-8-18/h5-8,14,19H,3-4,9-13,15-16H2,1-2H3. The quantitative estimate of drug-likeness (QED) is 0.500. The number of hydrogen-bond acceptors (Lipinski definition) is 7. The van der Waals surface area contributed by atoms with Crippen LogP contribution in [0.15, 0.2) is 34.9 Å². The van der Waals surface area contributed by atoms with E-state index in [2.05, 4.69) is 4.98 Å². The molecule has 0 radical (unpaired) electrons. The Morgan fingerprint density at radius 2 is 2.00 bits per heavy atom. The van der Waals surface area contributed by atoms with E-state index in [1.807, 2.05) is 38.1 Å². The number of hydrogen-bond donors (Lipinski definition) is 0. The Balaban J connectivity index is 1.48. The first-order valence-corrected chi connectivity index (χ1v) is 12.8. The predicted octanol–water partition coefficient (Wildman–Crippen LogP) is 2.94. The number of aromatic nitrogens is 1. The molecule has 3 rings (SSSR count). The topological polar surface area (TPSA) is 107 Å². The molecule has 1 aromatic heterocycles. The smallest absolute Gasteiger partial charge is 0.306 e. The number of sulfone groups is 1. The summed E-state index contributed by atoms with van der Waals surface area (Å²) < 4.78 is 34.5. The van der Waals surface area contributed by atoms with Crippen molar-refractivity contribution in [2.45, 2.75) is 52.0 Å². The van der Waals surface area contributed by atoms with E-state index in [1.165, 1.54) is 0 Å². The highest BCUT2D eigenvalue weighted by molar-refractivity contribution is 7.91. The van der Waals surface area contributed by atoms with Crippen molar-refractivity contribution >= 4 is 21.7 Å². The fraction of sp³-hybridized carbons (Fsp3) is 0.522. The number of benzene rings is 1. The van der Waals surface area contributed by atoms with Crippen LogP contribution in [0.4, 0.5) is 0 Å². The number of rotatable bonds is 10. The van der Waals surface area contributed by atoms with Crippen molar-refractivity contribution in [2.75, 3.05) is 24.7 Å². The number of esters is 1. The van der Waals surface area contributed by atoms with E-state index in [0.717, 1.165) is 24.0 Å². The molecule has 1 aliphatic rings. The van der Waals surface area contributed by atoms with Crippen LogP contribution >= 0.6 is 0 Å². The van der Waals surface area contributed by atoms with Gasteiger partial charge in [0.25, 0.3) is 5.91 Å². The Hall–Kier alpha value is -2.68. The van der Waals surface area contributed by atoms with Crippen molar-refractivity contribution in [3.63, 3.8) is 0 Å². The first-order valence-electron chi connectivity index (χ1n) is 10.9. The number of ether oxygens (including phenoxy) is 1. The second-order valence-electron chi connectivity index (χ2n) is 8.14. The molecule has 174 valence electrons. The summed E-state index contributed by atoms with van der Waals surface area (Å²) in [6, 6.07) is 7.51. The maximum Gasteiger partial charge on any atom is 0.306 e. The van der Waals surface area contributed by atoms with Gasteiger partial charge in [0.2, 0.25) is 0 Å². The van der Waals surface area contributed by atoms with Crippen LogP contribution in [0, 0.1) is 6.92 Å². The van der Waals surface area contributed by atoms with Crippen LogP contribution in [0.1, 0.15) is 44.1 Å². The van der Waals surface area contributed by atoms with Gasteiger partial charge in [0.15, 0.2) is 28.1 Å². The molecule has 1 aliphatic heterocycles. The first kappa shape index (κ1) is 24.0. The number of carbonyl (C=O) groups is 2. The van der Waals surface area contributed by atoms with Crippen molar-refractivity contribution in [1.82, 2.24) is 9.88 Å². The molecule has 8 nitrogen and oxygen atoms in total. The Labute approximate surface area is 188 Å². The summed E-state index contributed by atoms with van der Waals surface area (Å²) >= 11 is 0. The molecule has 0 bridgehead atoms. The van der Waals surface area contributed by atoms with Crippen molar-refractivity contribution in [3.05, 3.63) is 41.9 Å². The number of aryl methyl sites for hydroxylation is 2. The van der Waals surface area contributed by atoms with Gasteiger partial charge in [-0.05, 0) is 19.8 Å². The Morgan fingerprint density at radius 1 is 1.25 bits per heavy atom. The number of nitrogens with zero attached hydrogens (tertiary/aromatic N) is 2. The molecule has 1 aromatic carbocycles. The first-order chi connectivity index (χ1) is 15.3. The van der Waals surface area contributed by atoms with Crippen LogP contribution in [0.5, 0.6) is 0 Å². The molecular formula is C23H30N2O6S. The molecule has 1 fully saturated rings. The number of oxazole rings is 1. The van der Waals surface area contributed by atoms with Crippen molar-refractivity contribution in [2.24, 2.45) is 0 Å². The summed E-state index contributed by atoms with van der Waals surface area (Å²) in [5.74, 6) is 0.235.